The normalized spacial score (nSPS) is 12.9. The topological polar surface area (TPSA) is 127 Å². The summed E-state index contributed by atoms with van der Waals surface area (Å²) in [5, 5.41) is 24.6. The predicted octanol–water partition coefficient (Wildman–Crippen LogP) is 2.64. The van der Waals surface area contributed by atoms with Crippen LogP contribution in [0.1, 0.15) is 43.6 Å². The zero-order valence-corrected chi connectivity index (χ0v) is 16.7. The second-order valence-electron chi connectivity index (χ2n) is 7.76. The number of carbonyl (C=O) groups excluding carboxylic acids is 1. The number of anilines is 1. The van der Waals surface area contributed by atoms with Gasteiger partial charge in [0.15, 0.2) is 0 Å². The molecule has 0 bridgehead atoms. The molecule has 3 heterocycles. The van der Waals surface area contributed by atoms with Crippen molar-refractivity contribution in [1.82, 2.24) is 20.3 Å². The fourth-order valence-electron chi connectivity index (χ4n) is 2.90. The fourth-order valence-corrected chi connectivity index (χ4v) is 2.90. The minimum Gasteiger partial charge on any atom is -0.387 e. The molecule has 1 atom stereocenters. The number of alkyl halides is 1. The van der Waals surface area contributed by atoms with E-state index in [9.17, 15) is 14.3 Å². The standard InChI is InChI=1S/C20H23FN6O2/c1-10(2)26-15-12(19(28)25-9-14(21)20(3,4)29)8-24-17-16-13(27-18(15)17)5-11(6-22)7-23-16/h5,7-8,10,14,27,29H,9H2,1-4H3,(H,24,26)(H,25,28). The lowest BCUT2D eigenvalue weighted by Crippen LogP contribution is -2.42. The van der Waals surface area contributed by atoms with Crippen molar-refractivity contribution in [3.8, 4) is 6.07 Å². The SMILES string of the molecule is CC(C)Nc1c(C(=O)NCC(F)C(C)(C)O)cnc2c1[nH]c1cc(C#N)cnc12. The lowest BCUT2D eigenvalue weighted by atomic mass is 10.0. The van der Waals surface area contributed by atoms with Gasteiger partial charge in [-0.15, -0.1) is 0 Å². The number of fused-ring (bicyclic) bond motifs is 3. The molecule has 0 aliphatic rings. The van der Waals surface area contributed by atoms with Crippen LogP contribution in [-0.4, -0.2) is 50.3 Å². The Morgan fingerprint density at radius 2 is 2.03 bits per heavy atom. The number of aromatic amines is 1. The van der Waals surface area contributed by atoms with Gasteiger partial charge in [0.05, 0.1) is 40.0 Å². The molecule has 0 saturated carbocycles. The van der Waals surface area contributed by atoms with E-state index in [4.69, 9.17) is 5.26 Å². The largest absolute Gasteiger partial charge is 0.387 e. The maximum atomic E-state index is 14.0. The summed E-state index contributed by atoms with van der Waals surface area (Å²) in [7, 11) is 0. The lowest BCUT2D eigenvalue weighted by Gasteiger charge is -2.23. The summed E-state index contributed by atoms with van der Waals surface area (Å²) in [6, 6.07) is 3.71. The summed E-state index contributed by atoms with van der Waals surface area (Å²) in [6.45, 7) is 6.20. The fraction of sp³-hybridized carbons (Fsp3) is 0.400. The van der Waals surface area contributed by atoms with Crippen molar-refractivity contribution < 1.29 is 14.3 Å². The van der Waals surface area contributed by atoms with Gasteiger partial charge in [-0.3, -0.25) is 14.8 Å². The van der Waals surface area contributed by atoms with E-state index < -0.39 is 17.7 Å². The van der Waals surface area contributed by atoms with Gasteiger partial charge in [0.1, 0.15) is 23.3 Å². The van der Waals surface area contributed by atoms with Gasteiger partial charge in [-0.05, 0) is 33.8 Å². The minimum absolute atomic E-state index is 0.00601. The van der Waals surface area contributed by atoms with Crippen LogP contribution in [0.5, 0.6) is 0 Å². The molecule has 0 aliphatic carbocycles. The third kappa shape index (κ3) is 4.12. The van der Waals surface area contributed by atoms with E-state index in [-0.39, 0.29) is 18.2 Å². The van der Waals surface area contributed by atoms with Crippen molar-refractivity contribution in [2.75, 3.05) is 11.9 Å². The van der Waals surface area contributed by atoms with E-state index in [1.807, 2.05) is 19.9 Å². The molecule has 0 spiro atoms. The van der Waals surface area contributed by atoms with Gasteiger partial charge >= 0.3 is 0 Å². The number of halogens is 1. The number of nitriles is 1. The maximum absolute atomic E-state index is 14.0. The summed E-state index contributed by atoms with van der Waals surface area (Å²) in [5.74, 6) is -0.515. The molecule has 0 radical (unpaired) electrons. The first kappa shape index (κ1) is 20.5. The van der Waals surface area contributed by atoms with Gasteiger partial charge in [0.25, 0.3) is 5.91 Å². The van der Waals surface area contributed by atoms with E-state index in [0.29, 0.717) is 33.3 Å². The number of hydrogen-bond acceptors (Lipinski definition) is 6. The summed E-state index contributed by atoms with van der Waals surface area (Å²) in [5.41, 5.74) is 1.94. The third-order valence-electron chi connectivity index (χ3n) is 4.47. The maximum Gasteiger partial charge on any atom is 0.255 e. The molecule has 1 unspecified atom stereocenters. The van der Waals surface area contributed by atoms with E-state index in [0.717, 1.165) is 0 Å². The molecule has 4 N–H and O–H groups in total. The zero-order valence-electron chi connectivity index (χ0n) is 16.7. The molecule has 0 aromatic carbocycles. The number of amides is 1. The average molecular weight is 398 g/mol. The van der Waals surface area contributed by atoms with Gasteiger partial charge in [-0.2, -0.15) is 5.26 Å². The van der Waals surface area contributed by atoms with Crippen LogP contribution >= 0.6 is 0 Å². The van der Waals surface area contributed by atoms with Gasteiger partial charge in [-0.1, -0.05) is 0 Å². The van der Waals surface area contributed by atoms with Crippen molar-refractivity contribution >= 4 is 33.7 Å². The molecular weight excluding hydrogens is 375 g/mol. The summed E-state index contributed by atoms with van der Waals surface area (Å²) in [4.78, 5) is 24.6. The molecule has 152 valence electrons. The number of carbonyl (C=O) groups is 1. The van der Waals surface area contributed by atoms with Crippen molar-refractivity contribution in [2.24, 2.45) is 0 Å². The summed E-state index contributed by atoms with van der Waals surface area (Å²) in [6.07, 6.45) is 1.25. The molecule has 3 aromatic heterocycles. The highest BCUT2D eigenvalue weighted by molar-refractivity contribution is 6.12. The van der Waals surface area contributed by atoms with E-state index >= 15 is 0 Å². The Labute approximate surface area is 167 Å². The first-order chi connectivity index (χ1) is 13.6. The Kier molecular flexibility index (Phi) is 5.40. The van der Waals surface area contributed by atoms with Crippen LogP contribution in [0.3, 0.4) is 0 Å². The number of H-pyrrole nitrogens is 1. The highest BCUT2D eigenvalue weighted by Crippen LogP contribution is 2.31. The number of aliphatic hydroxyl groups is 1. The summed E-state index contributed by atoms with van der Waals surface area (Å²) < 4.78 is 14.0. The van der Waals surface area contributed by atoms with Crippen molar-refractivity contribution in [2.45, 2.75) is 45.5 Å². The lowest BCUT2D eigenvalue weighted by molar-refractivity contribution is -0.00177. The molecule has 9 heteroatoms. The number of nitrogens with zero attached hydrogens (tertiary/aromatic N) is 3. The number of hydrogen-bond donors (Lipinski definition) is 4. The number of nitrogens with one attached hydrogen (secondary N) is 3. The highest BCUT2D eigenvalue weighted by Gasteiger charge is 2.27. The van der Waals surface area contributed by atoms with Crippen LogP contribution in [-0.2, 0) is 0 Å². The quantitative estimate of drug-likeness (QED) is 0.506. The second-order valence-corrected chi connectivity index (χ2v) is 7.76. The Bertz CT molecular complexity index is 1110. The molecule has 8 nitrogen and oxygen atoms in total. The smallest absolute Gasteiger partial charge is 0.255 e. The average Bonchev–Trinajstić information content (AvgIpc) is 3.03. The number of rotatable bonds is 6. The molecule has 0 fully saturated rings. The van der Waals surface area contributed by atoms with Crippen LogP contribution < -0.4 is 10.6 Å². The zero-order chi connectivity index (χ0) is 21.3. The second kappa shape index (κ2) is 7.64. The molecule has 3 aromatic rings. The van der Waals surface area contributed by atoms with E-state index in [1.165, 1.54) is 26.2 Å². The first-order valence-corrected chi connectivity index (χ1v) is 9.23. The van der Waals surface area contributed by atoms with Gasteiger partial charge in [0.2, 0.25) is 0 Å². The third-order valence-corrected chi connectivity index (χ3v) is 4.47. The molecule has 0 aliphatic heterocycles. The van der Waals surface area contributed by atoms with Crippen LogP contribution in [0.25, 0.3) is 22.1 Å². The highest BCUT2D eigenvalue weighted by atomic mass is 19.1. The van der Waals surface area contributed by atoms with E-state index in [1.54, 1.807) is 6.07 Å². The molecular formula is C20H23FN6O2. The Balaban J connectivity index is 2.06. The summed E-state index contributed by atoms with van der Waals surface area (Å²) >= 11 is 0. The van der Waals surface area contributed by atoms with Gasteiger partial charge in [0, 0.05) is 18.4 Å². The van der Waals surface area contributed by atoms with Crippen molar-refractivity contribution in [3.63, 3.8) is 0 Å². The Hall–Kier alpha value is -3.25. The first-order valence-electron chi connectivity index (χ1n) is 9.23. The molecule has 29 heavy (non-hydrogen) atoms. The molecule has 0 saturated heterocycles. The van der Waals surface area contributed by atoms with Crippen LogP contribution in [0.4, 0.5) is 10.1 Å². The Morgan fingerprint density at radius 3 is 2.66 bits per heavy atom. The number of pyridine rings is 2. The van der Waals surface area contributed by atoms with Crippen LogP contribution in [0.15, 0.2) is 18.5 Å². The molecule has 1 amide bonds. The molecule has 3 rings (SSSR count). The van der Waals surface area contributed by atoms with Crippen molar-refractivity contribution in [3.05, 3.63) is 29.6 Å². The predicted molar refractivity (Wildman–Crippen MR) is 108 cm³/mol. The number of aromatic nitrogens is 3. The van der Waals surface area contributed by atoms with Gasteiger partial charge < -0.3 is 20.7 Å². The minimum atomic E-state index is -1.62. The van der Waals surface area contributed by atoms with Gasteiger partial charge in [-0.25, -0.2) is 4.39 Å². The van der Waals surface area contributed by atoms with E-state index in [2.05, 4.69) is 25.6 Å². The van der Waals surface area contributed by atoms with Crippen LogP contribution in [0, 0.1) is 11.3 Å². The van der Waals surface area contributed by atoms with Crippen LogP contribution in [0.2, 0.25) is 0 Å². The Morgan fingerprint density at radius 1 is 1.34 bits per heavy atom. The monoisotopic (exact) mass is 398 g/mol. The van der Waals surface area contributed by atoms with Crippen molar-refractivity contribution in [1.29, 1.82) is 5.26 Å².